The van der Waals surface area contributed by atoms with Crippen LogP contribution in [0.4, 0.5) is 0 Å². The van der Waals surface area contributed by atoms with Crippen molar-refractivity contribution in [3.8, 4) is 0 Å². The third kappa shape index (κ3) is 4.44. The first-order chi connectivity index (χ1) is 14.9. The third-order valence-electron chi connectivity index (χ3n) is 4.80. The maximum absolute atomic E-state index is 12.7. The molecule has 1 amide bonds. The highest BCUT2D eigenvalue weighted by Crippen LogP contribution is 2.18. The maximum atomic E-state index is 12.7. The van der Waals surface area contributed by atoms with Gasteiger partial charge in [0, 0.05) is 19.2 Å². The number of nitrogens with zero attached hydrogens (tertiary/aromatic N) is 3. The van der Waals surface area contributed by atoms with Crippen molar-refractivity contribution in [1.82, 2.24) is 14.0 Å². The number of amides is 1. The third-order valence-corrected chi connectivity index (χ3v) is 7.52. The van der Waals surface area contributed by atoms with Crippen molar-refractivity contribution in [1.29, 1.82) is 0 Å². The number of hydrogen-bond donors (Lipinski definition) is 1. The zero-order valence-corrected chi connectivity index (χ0v) is 18.3. The van der Waals surface area contributed by atoms with E-state index in [9.17, 15) is 18.0 Å². The summed E-state index contributed by atoms with van der Waals surface area (Å²) in [5, 5.41) is 2.21. The van der Waals surface area contributed by atoms with Gasteiger partial charge in [-0.25, -0.2) is 18.1 Å². The minimum atomic E-state index is -3.57. The van der Waals surface area contributed by atoms with Gasteiger partial charge in [0.2, 0.25) is 10.0 Å². The van der Waals surface area contributed by atoms with Crippen molar-refractivity contribution in [2.45, 2.75) is 11.8 Å². The monoisotopic (exact) mass is 460 g/mol. The average molecular weight is 461 g/mol. The van der Waals surface area contributed by atoms with Crippen LogP contribution in [0.3, 0.4) is 0 Å². The van der Waals surface area contributed by atoms with Gasteiger partial charge in [-0.1, -0.05) is 12.1 Å². The fourth-order valence-corrected chi connectivity index (χ4v) is 5.36. The van der Waals surface area contributed by atoms with Crippen LogP contribution in [0.5, 0.6) is 0 Å². The minimum Gasteiger partial charge on any atom is -0.379 e. The number of rotatable bonds is 5. The first-order valence-corrected chi connectivity index (χ1v) is 11.8. The Labute approximate surface area is 182 Å². The number of nitrogens with one attached hydrogen (secondary N) is 1. The minimum absolute atomic E-state index is 0.188. The topological polar surface area (TPSA) is 111 Å². The van der Waals surface area contributed by atoms with Crippen LogP contribution in [-0.2, 0) is 19.6 Å². The summed E-state index contributed by atoms with van der Waals surface area (Å²) >= 11 is 1.36. The second-order valence-corrected chi connectivity index (χ2v) is 9.67. The predicted octanol–water partition coefficient (Wildman–Crippen LogP) is 1.57. The molecule has 0 unspecified atom stereocenters. The van der Waals surface area contributed by atoms with Crippen molar-refractivity contribution in [3.05, 3.63) is 63.5 Å². The van der Waals surface area contributed by atoms with Gasteiger partial charge >= 0.3 is 0 Å². The summed E-state index contributed by atoms with van der Waals surface area (Å²) in [6, 6.07) is 7.91. The number of aromatic nitrogens is 2. The molecule has 1 aliphatic rings. The Balaban J connectivity index is 1.46. The van der Waals surface area contributed by atoms with Gasteiger partial charge in [0.05, 0.1) is 23.5 Å². The lowest BCUT2D eigenvalue weighted by Crippen LogP contribution is -2.40. The van der Waals surface area contributed by atoms with Crippen molar-refractivity contribution in [3.63, 3.8) is 0 Å². The fraction of sp³-hybridized carbons (Fsp3) is 0.250. The number of aryl methyl sites for hydroxylation is 1. The zero-order chi connectivity index (χ0) is 22.0. The van der Waals surface area contributed by atoms with E-state index in [1.807, 2.05) is 0 Å². The Morgan fingerprint density at radius 3 is 2.61 bits per heavy atom. The summed E-state index contributed by atoms with van der Waals surface area (Å²) in [6.45, 7) is 3.06. The highest BCUT2D eigenvalue weighted by molar-refractivity contribution is 7.89. The van der Waals surface area contributed by atoms with Gasteiger partial charge in [-0.05, 0) is 42.1 Å². The van der Waals surface area contributed by atoms with E-state index in [0.29, 0.717) is 47.9 Å². The molecule has 0 radical (unpaired) electrons. The molecule has 1 N–H and O–H groups in total. The molecule has 3 aromatic rings. The summed E-state index contributed by atoms with van der Waals surface area (Å²) in [5.41, 5.74) is 2.82. The summed E-state index contributed by atoms with van der Waals surface area (Å²) < 4.78 is 33.0. The molecular formula is C20H20N4O5S2. The van der Waals surface area contributed by atoms with Gasteiger partial charge < -0.3 is 4.74 Å². The van der Waals surface area contributed by atoms with Crippen LogP contribution >= 0.6 is 11.3 Å². The standard InChI is InChI=1S/C20H20N4O5S2/c1-14-21-19-17(8-13-30-19)20(26)24(14)22-18(25)7-4-15-2-5-16(6-3-15)31(27,28)23-9-11-29-12-10-23/h2-8,13H,9-12H2,1H3,(H,22,25)/b7-4+. The first-order valence-electron chi connectivity index (χ1n) is 9.50. The Bertz CT molecular complexity index is 1300. The van der Waals surface area contributed by atoms with Crippen molar-refractivity contribution in [2.24, 2.45) is 0 Å². The van der Waals surface area contributed by atoms with Crippen LogP contribution in [0.2, 0.25) is 0 Å². The number of carbonyl (C=O) groups excluding carboxylic acids is 1. The summed E-state index contributed by atoms with van der Waals surface area (Å²) in [6.07, 6.45) is 2.81. The summed E-state index contributed by atoms with van der Waals surface area (Å²) in [7, 11) is -3.57. The molecule has 11 heteroatoms. The molecule has 1 aromatic carbocycles. The molecule has 0 atom stereocenters. The molecule has 1 saturated heterocycles. The Morgan fingerprint density at radius 2 is 1.90 bits per heavy atom. The van der Waals surface area contributed by atoms with Crippen LogP contribution in [0.1, 0.15) is 11.4 Å². The molecule has 31 heavy (non-hydrogen) atoms. The van der Waals surface area contributed by atoms with Crippen molar-refractivity contribution >= 4 is 43.6 Å². The number of morpholine rings is 1. The Morgan fingerprint density at radius 1 is 1.19 bits per heavy atom. The van der Waals surface area contributed by atoms with E-state index in [4.69, 9.17) is 4.74 Å². The van der Waals surface area contributed by atoms with Gasteiger partial charge in [-0.2, -0.15) is 4.31 Å². The lowest BCUT2D eigenvalue weighted by molar-refractivity contribution is -0.112. The maximum Gasteiger partial charge on any atom is 0.281 e. The predicted molar refractivity (Wildman–Crippen MR) is 118 cm³/mol. The van der Waals surface area contributed by atoms with Crippen LogP contribution < -0.4 is 11.0 Å². The molecule has 1 fully saturated rings. The number of sulfonamides is 1. The molecule has 1 aliphatic heterocycles. The number of carbonyl (C=O) groups is 1. The van der Waals surface area contributed by atoms with E-state index in [2.05, 4.69) is 10.4 Å². The molecule has 0 spiro atoms. The molecule has 162 valence electrons. The molecule has 3 heterocycles. The number of fused-ring (bicyclic) bond motifs is 1. The molecule has 9 nitrogen and oxygen atoms in total. The van der Waals surface area contributed by atoms with E-state index >= 15 is 0 Å². The van der Waals surface area contributed by atoms with Crippen LogP contribution in [0.25, 0.3) is 16.3 Å². The van der Waals surface area contributed by atoms with Crippen molar-refractivity contribution in [2.75, 3.05) is 31.7 Å². The van der Waals surface area contributed by atoms with Gasteiger partial charge in [-0.15, -0.1) is 11.3 Å². The SMILES string of the molecule is Cc1nc2sccc2c(=O)n1NC(=O)/C=C/c1ccc(S(=O)(=O)N2CCOCC2)cc1. The van der Waals surface area contributed by atoms with E-state index < -0.39 is 15.9 Å². The van der Waals surface area contributed by atoms with Crippen molar-refractivity contribution < 1.29 is 17.9 Å². The zero-order valence-electron chi connectivity index (χ0n) is 16.6. The molecule has 2 aromatic heterocycles. The highest BCUT2D eigenvalue weighted by atomic mass is 32.2. The lowest BCUT2D eigenvalue weighted by Gasteiger charge is -2.26. The number of ether oxygens (including phenoxy) is 1. The molecule has 0 aliphatic carbocycles. The first kappa shape index (κ1) is 21.4. The second-order valence-electron chi connectivity index (χ2n) is 6.83. The second kappa shape index (κ2) is 8.71. The van der Waals surface area contributed by atoms with Gasteiger partial charge in [0.25, 0.3) is 11.5 Å². The molecule has 0 saturated carbocycles. The Hall–Kier alpha value is -2.86. The molecular weight excluding hydrogens is 440 g/mol. The van der Waals surface area contributed by atoms with Crippen LogP contribution in [0, 0.1) is 6.92 Å². The van der Waals surface area contributed by atoms with E-state index in [1.54, 1.807) is 30.5 Å². The highest BCUT2D eigenvalue weighted by Gasteiger charge is 2.25. The molecule has 4 rings (SSSR count). The normalized spacial score (nSPS) is 15.5. The van der Waals surface area contributed by atoms with Gasteiger partial charge in [-0.3, -0.25) is 15.0 Å². The average Bonchev–Trinajstić information content (AvgIpc) is 3.24. The number of thiophene rings is 1. The van der Waals surface area contributed by atoms with Gasteiger partial charge in [0.15, 0.2) is 0 Å². The lowest BCUT2D eigenvalue weighted by atomic mass is 10.2. The molecule has 0 bridgehead atoms. The Kier molecular flexibility index (Phi) is 6.01. The summed E-state index contributed by atoms with van der Waals surface area (Å²) in [4.78, 5) is 29.9. The van der Waals surface area contributed by atoms with E-state index in [-0.39, 0.29) is 10.5 Å². The number of benzene rings is 1. The fourth-order valence-electron chi connectivity index (χ4n) is 3.15. The van der Waals surface area contributed by atoms with Crippen LogP contribution in [-0.4, -0.2) is 54.6 Å². The quantitative estimate of drug-likeness (QED) is 0.579. The summed E-state index contributed by atoms with van der Waals surface area (Å²) in [5.74, 6) is -0.133. The van der Waals surface area contributed by atoms with Crippen LogP contribution in [0.15, 0.2) is 51.5 Å². The number of hydrogen-bond acceptors (Lipinski definition) is 7. The van der Waals surface area contributed by atoms with Gasteiger partial charge in [0.1, 0.15) is 10.7 Å². The smallest absolute Gasteiger partial charge is 0.281 e. The van der Waals surface area contributed by atoms with E-state index in [0.717, 1.165) is 4.68 Å². The largest absolute Gasteiger partial charge is 0.379 e. The van der Waals surface area contributed by atoms with E-state index in [1.165, 1.54) is 39.9 Å².